The molecular weight excluding hydrogens is 208 g/mol. The summed E-state index contributed by atoms with van der Waals surface area (Å²) in [6.07, 6.45) is 0. The molecule has 1 aromatic heterocycles. The molecule has 0 saturated carbocycles. The molecule has 0 fully saturated rings. The quantitative estimate of drug-likeness (QED) is 0.792. The molecular formula is C11H14N2O3. The summed E-state index contributed by atoms with van der Waals surface area (Å²) in [6.45, 7) is 4.53. The molecule has 1 aliphatic heterocycles. The highest BCUT2D eigenvalue weighted by Gasteiger charge is 2.26. The number of pyridine rings is 1. The van der Waals surface area contributed by atoms with Gasteiger partial charge in [-0.1, -0.05) is 13.8 Å². The number of nitrogens with zero attached hydrogens (tertiary/aromatic N) is 1. The molecule has 86 valence electrons. The third-order valence-corrected chi connectivity index (χ3v) is 2.70. The van der Waals surface area contributed by atoms with Crippen molar-refractivity contribution in [1.82, 2.24) is 4.98 Å². The molecule has 1 aromatic rings. The second kappa shape index (κ2) is 3.75. The number of anilines is 1. The van der Waals surface area contributed by atoms with Crippen LogP contribution >= 0.6 is 0 Å². The summed E-state index contributed by atoms with van der Waals surface area (Å²) in [5.41, 5.74) is 8.25. The van der Waals surface area contributed by atoms with Gasteiger partial charge in [-0.2, -0.15) is 0 Å². The molecule has 0 aromatic carbocycles. The number of aromatic nitrogens is 1. The highest BCUT2D eigenvalue weighted by atomic mass is 16.5. The van der Waals surface area contributed by atoms with Crippen LogP contribution in [0.3, 0.4) is 0 Å². The normalized spacial score (nSPS) is 14.2. The lowest BCUT2D eigenvalue weighted by Gasteiger charge is -2.13. The topological polar surface area (TPSA) is 85.4 Å². The lowest BCUT2D eigenvalue weighted by Crippen LogP contribution is -2.13. The molecule has 1 aliphatic rings. The van der Waals surface area contributed by atoms with Crippen molar-refractivity contribution in [2.45, 2.75) is 33.0 Å². The number of carbonyl (C=O) groups is 1. The Kier molecular flexibility index (Phi) is 2.55. The van der Waals surface area contributed by atoms with Gasteiger partial charge in [0.1, 0.15) is 0 Å². The Balaban J connectivity index is 2.70. The highest BCUT2D eigenvalue weighted by molar-refractivity contribution is 5.96. The molecule has 2 heterocycles. The van der Waals surface area contributed by atoms with Gasteiger partial charge in [-0.3, -0.25) is 4.98 Å². The Bertz CT molecular complexity index is 455. The van der Waals surface area contributed by atoms with Crippen molar-refractivity contribution in [2.24, 2.45) is 0 Å². The molecule has 5 nitrogen and oxygen atoms in total. The zero-order chi connectivity index (χ0) is 11.9. The number of rotatable bonds is 2. The smallest absolute Gasteiger partial charge is 0.338 e. The fraction of sp³-hybridized carbons (Fsp3) is 0.455. The Morgan fingerprint density at radius 2 is 2.19 bits per heavy atom. The minimum Gasteiger partial charge on any atom is -0.478 e. The lowest BCUT2D eigenvalue weighted by molar-refractivity contribution is 0.0693. The first-order chi connectivity index (χ1) is 7.52. The predicted molar refractivity (Wildman–Crippen MR) is 58.2 cm³/mol. The number of fused-ring (bicyclic) bond motifs is 1. The van der Waals surface area contributed by atoms with E-state index in [9.17, 15) is 9.90 Å². The van der Waals surface area contributed by atoms with Crippen LogP contribution in [0.2, 0.25) is 0 Å². The average molecular weight is 222 g/mol. The highest BCUT2D eigenvalue weighted by Crippen LogP contribution is 2.31. The summed E-state index contributed by atoms with van der Waals surface area (Å²) in [5.74, 6) is -0.910. The molecule has 0 atom stereocenters. The number of hydrogen-bond acceptors (Lipinski definition) is 4. The van der Waals surface area contributed by atoms with Gasteiger partial charge in [-0.15, -0.1) is 0 Å². The SMILES string of the molecule is CC(C)c1nc2c(c(C(=O)O)c1N)COC2. The molecule has 0 spiro atoms. The number of carboxylic acid groups (broad SMARTS) is 1. The third-order valence-electron chi connectivity index (χ3n) is 2.70. The number of carboxylic acids is 1. The van der Waals surface area contributed by atoms with Crippen LogP contribution in [0.25, 0.3) is 0 Å². The van der Waals surface area contributed by atoms with E-state index in [-0.39, 0.29) is 23.8 Å². The fourth-order valence-corrected chi connectivity index (χ4v) is 1.92. The van der Waals surface area contributed by atoms with E-state index < -0.39 is 5.97 Å². The molecule has 5 heteroatoms. The maximum atomic E-state index is 11.2. The molecule has 0 unspecified atom stereocenters. The van der Waals surface area contributed by atoms with Crippen LogP contribution < -0.4 is 5.73 Å². The van der Waals surface area contributed by atoms with Crippen LogP contribution in [0.15, 0.2) is 0 Å². The molecule has 0 radical (unpaired) electrons. The van der Waals surface area contributed by atoms with Gasteiger partial charge in [0.2, 0.25) is 0 Å². The number of ether oxygens (including phenoxy) is 1. The second-order valence-electron chi connectivity index (χ2n) is 4.16. The van der Waals surface area contributed by atoms with Crippen molar-refractivity contribution in [3.05, 3.63) is 22.5 Å². The van der Waals surface area contributed by atoms with Gasteiger partial charge >= 0.3 is 5.97 Å². The summed E-state index contributed by atoms with van der Waals surface area (Å²) < 4.78 is 5.21. The summed E-state index contributed by atoms with van der Waals surface area (Å²) in [4.78, 5) is 15.6. The Morgan fingerprint density at radius 3 is 2.75 bits per heavy atom. The van der Waals surface area contributed by atoms with E-state index in [1.165, 1.54) is 0 Å². The van der Waals surface area contributed by atoms with Gasteiger partial charge in [0.15, 0.2) is 0 Å². The summed E-state index contributed by atoms with van der Waals surface area (Å²) in [5, 5.41) is 9.17. The zero-order valence-electron chi connectivity index (χ0n) is 9.28. The van der Waals surface area contributed by atoms with Gasteiger partial charge in [-0.25, -0.2) is 4.79 Å². The summed E-state index contributed by atoms with van der Waals surface area (Å²) >= 11 is 0. The summed E-state index contributed by atoms with van der Waals surface area (Å²) in [6, 6.07) is 0. The van der Waals surface area contributed by atoms with Crippen molar-refractivity contribution < 1.29 is 14.6 Å². The molecule has 0 saturated heterocycles. The molecule has 0 bridgehead atoms. The Labute approximate surface area is 93.2 Å². The molecule has 3 N–H and O–H groups in total. The molecule has 0 aliphatic carbocycles. The average Bonchev–Trinajstić information content (AvgIpc) is 2.62. The van der Waals surface area contributed by atoms with E-state index in [4.69, 9.17) is 10.5 Å². The number of nitrogen functional groups attached to an aromatic ring is 1. The van der Waals surface area contributed by atoms with Crippen LogP contribution in [-0.2, 0) is 18.0 Å². The van der Waals surface area contributed by atoms with E-state index in [2.05, 4.69) is 4.98 Å². The second-order valence-corrected chi connectivity index (χ2v) is 4.16. The van der Waals surface area contributed by atoms with E-state index >= 15 is 0 Å². The molecule has 0 amide bonds. The summed E-state index contributed by atoms with van der Waals surface area (Å²) in [7, 11) is 0. The minimum absolute atomic E-state index is 0.101. The standard InChI is InChI=1S/C11H14N2O3/c1-5(2)10-9(12)8(11(14)15)6-3-16-4-7(6)13-10/h5H,3-4,12H2,1-2H3,(H,14,15). The predicted octanol–water partition coefficient (Wildman–Crippen LogP) is 1.52. The first kappa shape index (κ1) is 10.9. The number of nitrogens with two attached hydrogens (primary N) is 1. The van der Waals surface area contributed by atoms with Crippen LogP contribution in [-0.4, -0.2) is 16.1 Å². The number of hydrogen-bond donors (Lipinski definition) is 2. The Hall–Kier alpha value is -1.62. The van der Waals surface area contributed by atoms with E-state index in [0.29, 0.717) is 23.6 Å². The fourth-order valence-electron chi connectivity index (χ4n) is 1.92. The lowest BCUT2D eigenvalue weighted by atomic mass is 9.99. The van der Waals surface area contributed by atoms with E-state index in [0.717, 1.165) is 0 Å². The minimum atomic E-state index is -1.01. The van der Waals surface area contributed by atoms with Crippen molar-refractivity contribution in [3.63, 3.8) is 0 Å². The molecule has 2 rings (SSSR count). The van der Waals surface area contributed by atoms with E-state index in [1.54, 1.807) is 0 Å². The largest absolute Gasteiger partial charge is 0.478 e. The maximum Gasteiger partial charge on any atom is 0.338 e. The van der Waals surface area contributed by atoms with Crippen molar-refractivity contribution >= 4 is 11.7 Å². The number of aromatic carboxylic acids is 1. The third kappa shape index (κ3) is 1.53. The first-order valence-electron chi connectivity index (χ1n) is 5.14. The van der Waals surface area contributed by atoms with Crippen molar-refractivity contribution in [1.29, 1.82) is 0 Å². The van der Waals surface area contributed by atoms with Crippen LogP contribution in [0, 0.1) is 0 Å². The zero-order valence-corrected chi connectivity index (χ0v) is 9.28. The van der Waals surface area contributed by atoms with Gasteiger partial charge in [-0.05, 0) is 5.92 Å². The van der Waals surface area contributed by atoms with Crippen LogP contribution in [0.4, 0.5) is 5.69 Å². The maximum absolute atomic E-state index is 11.2. The van der Waals surface area contributed by atoms with Gasteiger partial charge in [0, 0.05) is 5.56 Å². The van der Waals surface area contributed by atoms with Gasteiger partial charge in [0.05, 0.1) is 35.9 Å². The van der Waals surface area contributed by atoms with E-state index in [1.807, 2.05) is 13.8 Å². The van der Waals surface area contributed by atoms with Gasteiger partial charge in [0.25, 0.3) is 0 Å². The monoisotopic (exact) mass is 222 g/mol. The Morgan fingerprint density at radius 1 is 1.50 bits per heavy atom. The molecule has 16 heavy (non-hydrogen) atoms. The van der Waals surface area contributed by atoms with Crippen LogP contribution in [0.5, 0.6) is 0 Å². The van der Waals surface area contributed by atoms with Crippen molar-refractivity contribution in [3.8, 4) is 0 Å². The first-order valence-corrected chi connectivity index (χ1v) is 5.14. The van der Waals surface area contributed by atoms with Gasteiger partial charge < -0.3 is 15.6 Å². The van der Waals surface area contributed by atoms with Crippen LogP contribution in [0.1, 0.15) is 47.1 Å². The van der Waals surface area contributed by atoms with Crippen molar-refractivity contribution in [2.75, 3.05) is 5.73 Å².